The Kier molecular flexibility index (Phi) is 58.5. The molecule has 28 nitrogen and oxygen atoms in total. The fourth-order valence-electron chi connectivity index (χ4n) is 12.3. The van der Waals surface area contributed by atoms with E-state index in [4.69, 9.17) is 99.1 Å². The molecule has 0 saturated carbocycles. The molecule has 0 atom stereocenters. The Labute approximate surface area is 559 Å². The summed E-state index contributed by atoms with van der Waals surface area (Å²) in [4.78, 5) is 0. The molecule has 8 heterocycles. The van der Waals surface area contributed by atoms with Crippen molar-refractivity contribution in [3.05, 3.63) is 0 Å². The van der Waals surface area contributed by atoms with E-state index in [-0.39, 0.29) is 0 Å². The zero-order valence-electron chi connectivity index (χ0n) is 60.5. The molecule has 536 valence electrons. The van der Waals surface area contributed by atoms with Crippen molar-refractivity contribution in [1.29, 1.82) is 21.0 Å². The van der Waals surface area contributed by atoms with E-state index in [1.165, 1.54) is 207 Å². The standard InChI is InChI=1S/8C7H16NO.4CBNO2/c8*1-8(7-9-2)5-3-4-6-8;4*3-1-2(4)5/h8*3-7H2,1-2H3;;;;/q8*+1;4*-2. The molecule has 0 amide bonds. The maximum Gasteiger partial charge on any atom is 0.182 e. The first-order chi connectivity index (χ1) is 43.2. The zero-order valence-corrected chi connectivity index (χ0v) is 60.5. The summed E-state index contributed by atoms with van der Waals surface area (Å²) in [5.74, 6) is 3.67. The molecule has 0 spiro atoms. The van der Waals surface area contributed by atoms with Gasteiger partial charge in [-0.3, -0.25) is 0 Å². The number of hydrogen-bond acceptors (Lipinski definition) is 20. The van der Waals surface area contributed by atoms with Gasteiger partial charge in [0.05, 0.1) is 161 Å². The summed E-state index contributed by atoms with van der Waals surface area (Å²) in [5, 5.41) is 101. The Balaban J connectivity index is -0.000000463. The van der Waals surface area contributed by atoms with Gasteiger partial charge in [-0.05, 0) is 23.9 Å². The van der Waals surface area contributed by atoms with Crippen LogP contribution in [0.4, 0.5) is 0 Å². The van der Waals surface area contributed by atoms with E-state index in [0.717, 1.165) is 114 Å². The third-order valence-electron chi connectivity index (χ3n) is 17.1. The second-order valence-electron chi connectivity index (χ2n) is 27.4. The lowest BCUT2D eigenvalue weighted by atomic mass is 9.97. The molecular weight excluding hydrogens is 1190 g/mol. The molecule has 92 heavy (non-hydrogen) atoms. The highest BCUT2D eigenvalue weighted by atomic mass is 16.5. The number of nitriles is 4. The first kappa shape index (κ1) is 95.7. The van der Waals surface area contributed by atoms with Gasteiger partial charge in [-0.15, -0.1) is 0 Å². The van der Waals surface area contributed by atoms with Crippen LogP contribution in [0.1, 0.15) is 103 Å². The lowest BCUT2D eigenvalue weighted by Crippen LogP contribution is -2.43. The van der Waals surface area contributed by atoms with E-state index in [1.807, 2.05) is 0 Å². The lowest BCUT2D eigenvalue weighted by Gasteiger charge is -2.27. The minimum atomic E-state index is -2.31. The average Bonchev–Trinajstić information content (AvgIpc) is 4.57. The second kappa shape index (κ2) is 56.3. The van der Waals surface area contributed by atoms with Gasteiger partial charge in [0.2, 0.25) is 0 Å². The van der Waals surface area contributed by atoms with Crippen LogP contribution in [0.5, 0.6) is 0 Å². The third kappa shape index (κ3) is 54.4. The van der Waals surface area contributed by atoms with Crippen LogP contribution in [0.25, 0.3) is 0 Å². The Bertz CT molecular complexity index is 1520. The van der Waals surface area contributed by atoms with Crippen molar-refractivity contribution >= 4 is 28.5 Å². The summed E-state index contributed by atoms with van der Waals surface area (Å²) in [6.07, 6.45) is 22.0. The molecular formula is C60H128B4N12O16. The van der Waals surface area contributed by atoms with E-state index in [9.17, 15) is 0 Å². The summed E-state index contributed by atoms with van der Waals surface area (Å²) in [6, 6.07) is 0. The monoisotopic (exact) mass is 1320 g/mol. The molecule has 8 fully saturated rings. The molecule has 0 N–H and O–H groups in total. The molecule has 8 aliphatic rings. The lowest BCUT2D eigenvalue weighted by molar-refractivity contribution is -0.916. The number of methoxy groups -OCH3 is 8. The van der Waals surface area contributed by atoms with Gasteiger partial charge in [0.15, 0.2) is 53.8 Å². The molecule has 0 aromatic carbocycles. The Morgan fingerprint density at radius 2 is 0.283 bits per heavy atom. The molecule has 8 aliphatic heterocycles. The molecule has 8 saturated heterocycles. The van der Waals surface area contributed by atoms with Gasteiger partial charge >= 0.3 is 0 Å². The number of nitrogens with zero attached hydrogens (tertiary/aromatic N) is 12. The number of quaternary nitrogens is 8. The van der Waals surface area contributed by atoms with Crippen molar-refractivity contribution in [3.63, 3.8) is 0 Å². The van der Waals surface area contributed by atoms with Crippen LogP contribution < -0.4 is 40.2 Å². The largest absolute Gasteiger partial charge is 0.881 e. The molecule has 8 rings (SSSR count). The van der Waals surface area contributed by atoms with E-state index < -0.39 is 28.5 Å². The normalized spacial score (nSPS) is 20.6. The maximum absolute atomic E-state index is 8.98. The number of likely N-dealkylation sites (tertiary alicyclic amines) is 8. The molecule has 32 heteroatoms. The molecule has 0 aromatic heterocycles. The van der Waals surface area contributed by atoms with E-state index >= 15 is 0 Å². The van der Waals surface area contributed by atoms with Gasteiger partial charge in [0.1, 0.15) is 0 Å². The van der Waals surface area contributed by atoms with E-state index in [2.05, 4.69) is 56.4 Å². The first-order valence-corrected chi connectivity index (χ1v) is 32.7. The van der Waals surface area contributed by atoms with Gasteiger partial charge in [0, 0.05) is 188 Å². The summed E-state index contributed by atoms with van der Waals surface area (Å²) < 4.78 is 49.8. The van der Waals surface area contributed by atoms with Crippen LogP contribution in [0.2, 0.25) is 0 Å². The van der Waals surface area contributed by atoms with Crippen molar-refractivity contribution < 1.29 is 114 Å². The van der Waals surface area contributed by atoms with Crippen molar-refractivity contribution in [2.24, 2.45) is 0 Å². The van der Waals surface area contributed by atoms with Gasteiger partial charge < -0.3 is 114 Å². The molecule has 0 bridgehead atoms. The fraction of sp³-hybridized carbons (Fsp3) is 0.933. The number of hydrogen-bond donors (Lipinski definition) is 0. The third-order valence-corrected chi connectivity index (χ3v) is 17.1. The van der Waals surface area contributed by atoms with Crippen LogP contribution in [0.15, 0.2) is 0 Å². The summed E-state index contributed by atoms with van der Waals surface area (Å²) >= 11 is 0. The molecule has 0 unspecified atom stereocenters. The van der Waals surface area contributed by atoms with E-state index in [1.54, 1.807) is 56.9 Å². The predicted molar refractivity (Wildman–Crippen MR) is 342 cm³/mol. The minimum Gasteiger partial charge on any atom is -0.881 e. The smallest absolute Gasteiger partial charge is 0.182 e. The highest BCUT2D eigenvalue weighted by molar-refractivity contribution is 6.47. The molecule has 0 radical (unpaired) electrons. The van der Waals surface area contributed by atoms with Crippen LogP contribution in [-0.4, -0.2) is 336 Å². The van der Waals surface area contributed by atoms with Crippen LogP contribution >= 0.6 is 0 Å². The van der Waals surface area contributed by atoms with Crippen molar-refractivity contribution in [2.45, 2.75) is 103 Å². The first-order valence-electron chi connectivity index (χ1n) is 32.7. The van der Waals surface area contributed by atoms with Crippen molar-refractivity contribution in [1.82, 2.24) is 0 Å². The fourth-order valence-corrected chi connectivity index (χ4v) is 12.3. The topological polar surface area (TPSA) is 353 Å². The highest BCUT2D eigenvalue weighted by Crippen LogP contribution is 2.20. The molecule has 0 aliphatic carbocycles. The maximum atomic E-state index is 8.98. The Morgan fingerprint density at radius 3 is 0.326 bits per heavy atom. The van der Waals surface area contributed by atoms with Crippen LogP contribution in [0, 0.1) is 44.9 Å². The minimum absolute atomic E-state index is 0.889. The van der Waals surface area contributed by atoms with Crippen LogP contribution in [-0.2, 0) is 37.9 Å². The SMILES string of the molecule is COC[N+]1(C)CCCC1.COC[N+]1(C)CCCC1.COC[N+]1(C)CCCC1.COC[N+]1(C)CCCC1.COC[N+]1(C)CCCC1.COC[N+]1(C)CCCC1.COC[N+]1(C)CCCC1.COC[N+]1(C)CCCC1.N#CB([O-])[O-].N#CB([O-])[O-].N#CB([O-])[O-].N#CB([O-])[O-]. The van der Waals surface area contributed by atoms with Gasteiger partial charge in [-0.2, -0.15) is 0 Å². The Hall–Kier alpha value is -2.74. The Morgan fingerprint density at radius 1 is 0.217 bits per heavy atom. The average molecular weight is 1320 g/mol. The molecule has 0 aromatic rings. The second-order valence-corrected chi connectivity index (χ2v) is 27.4. The van der Waals surface area contributed by atoms with E-state index in [0.29, 0.717) is 0 Å². The predicted octanol–water partition coefficient (Wildman–Crippen LogP) is -4.32. The van der Waals surface area contributed by atoms with Gasteiger partial charge in [-0.1, -0.05) is 0 Å². The summed E-state index contributed by atoms with van der Waals surface area (Å²) in [7, 11) is 23.1. The number of rotatable bonds is 16. The number of ether oxygens (including phenoxy) is 8. The van der Waals surface area contributed by atoms with Crippen LogP contribution in [0.3, 0.4) is 0 Å². The summed E-state index contributed by atoms with van der Waals surface area (Å²) in [5.41, 5.74) is 0. The van der Waals surface area contributed by atoms with Gasteiger partial charge in [-0.25, -0.2) is 21.0 Å². The quantitative estimate of drug-likeness (QED) is 0.104. The highest BCUT2D eigenvalue weighted by Gasteiger charge is 2.31. The summed E-state index contributed by atoms with van der Waals surface area (Å²) in [6.45, 7) is 27.9. The van der Waals surface area contributed by atoms with Crippen molar-refractivity contribution in [2.75, 3.05) is 272 Å². The van der Waals surface area contributed by atoms with Gasteiger partial charge in [0.25, 0.3) is 0 Å². The van der Waals surface area contributed by atoms with Crippen molar-refractivity contribution in [3.8, 4) is 23.9 Å². The zero-order chi connectivity index (χ0) is 71.1.